The Labute approximate surface area is 156 Å². The van der Waals surface area contributed by atoms with Gasteiger partial charge in [0.25, 0.3) is 0 Å². The Morgan fingerprint density at radius 1 is 0.923 bits per heavy atom. The van der Waals surface area contributed by atoms with E-state index in [-0.39, 0.29) is 5.54 Å². The predicted octanol–water partition coefficient (Wildman–Crippen LogP) is 4.57. The molecule has 26 heavy (non-hydrogen) atoms. The van der Waals surface area contributed by atoms with Crippen LogP contribution in [0.3, 0.4) is 0 Å². The minimum Gasteiger partial charge on any atom is -0.371 e. The number of anilines is 1. The molecule has 0 bridgehead atoms. The lowest BCUT2D eigenvalue weighted by Crippen LogP contribution is -2.58. The molecule has 2 aromatic carbocycles. The van der Waals surface area contributed by atoms with E-state index in [1.807, 2.05) is 6.07 Å². The number of benzene rings is 2. The topological polar surface area (TPSA) is 48.5 Å². The maximum atomic E-state index is 4.96. The number of amidine groups is 1. The summed E-state index contributed by atoms with van der Waals surface area (Å²) in [5.41, 5.74) is 10.4. The second kappa shape index (κ2) is 7.92. The highest BCUT2D eigenvalue weighted by atomic mass is 15.4. The molecule has 0 unspecified atom stereocenters. The summed E-state index contributed by atoms with van der Waals surface area (Å²) in [6.07, 6.45) is 8.30. The number of fused-ring (bicyclic) bond motifs is 1. The standard InChI is InChI=1S/C22H28N4/c1-3-10-18(11-4-1)12-9-17-23-26-21-22(15-7-2-8-16-22)25-20-14-6-5-13-19(20)24-21/h1,3-6,10-11,13-14,23,25H,2,7-9,12,15-17H2,(H,24,26). The van der Waals surface area contributed by atoms with Gasteiger partial charge in [0.05, 0.1) is 16.9 Å². The van der Waals surface area contributed by atoms with Gasteiger partial charge in [0, 0.05) is 6.54 Å². The average molecular weight is 348 g/mol. The first-order chi connectivity index (χ1) is 12.9. The number of hydrogen-bond acceptors (Lipinski definition) is 4. The Kier molecular flexibility index (Phi) is 5.21. The molecule has 1 spiro atoms. The van der Waals surface area contributed by atoms with Crippen molar-refractivity contribution in [3.63, 3.8) is 0 Å². The van der Waals surface area contributed by atoms with Crippen LogP contribution in [0, 0.1) is 0 Å². The van der Waals surface area contributed by atoms with Crippen molar-refractivity contribution in [3.8, 4) is 0 Å². The van der Waals surface area contributed by atoms with Crippen molar-refractivity contribution in [2.24, 2.45) is 4.99 Å². The van der Waals surface area contributed by atoms with Gasteiger partial charge in [0.2, 0.25) is 0 Å². The van der Waals surface area contributed by atoms with E-state index in [2.05, 4.69) is 64.7 Å². The number of hydrazine groups is 1. The van der Waals surface area contributed by atoms with Gasteiger partial charge >= 0.3 is 0 Å². The fourth-order valence-electron chi connectivity index (χ4n) is 4.06. The SMILES string of the molecule is c1ccc(CCCNNC2=Nc3ccccc3NC23CCCCC3)cc1. The van der Waals surface area contributed by atoms with Crippen LogP contribution in [0.4, 0.5) is 11.4 Å². The van der Waals surface area contributed by atoms with Gasteiger partial charge in [-0.2, -0.15) is 0 Å². The summed E-state index contributed by atoms with van der Waals surface area (Å²) in [5, 5.41) is 3.80. The lowest BCUT2D eigenvalue weighted by atomic mass is 9.79. The Morgan fingerprint density at radius 2 is 1.69 bits per heavy atom. The molecule has 4 rings (SSSR count). The summed E-state index contributed by atoms with van der Waals surface area (Å²) >= 11 is 0. The summed E-state index contributed by atoms with van der Waals surface area (Å²) in [5.74, 6) is 1.05. The molecule has 4 nitrogen and oxygen atoms in total. The molecule has 0 saturated heterocycles. The van der Waals surface area contributed by atoms with E-state index in [1.165, 1.54) is 24.8 Å². The molecule has 0 aromatic heterocycles. The fraction of sp³-hybridized carbons (Fsp3) is 0.409. The van der Waals surface area contributed by atoms with Crippen LogP contribution >= 0.6 is 0 Å². The number of nitrogens with zero attached hydrogens (tertiary/aromatic N) is 1. The van der Waals surface area contributed by atoms with E-state index in [9.17, 15) is 0 Å². The third-order valence-electron chi connectivity index (χ3n) is 5.49. The molecule has 0 amide bonds. The van der Waals surface area contributed by atoms with E-state index >= 15 is 0 Å². The smallest absolute Gasteiger partial charge is 0.142 e. The molecule has 1 aliphatic heterocycles. The number of rotatable bonds is 5. The first-order valence-corrected chi connectivity index (χ1v) is 9.85. The highest BCUT2D eigenvalue weighted by Crippen LogP contribution is 2.39. The van der Waals surface area contributed by atoms with E-state index in [0.29, 0.717) is 0 Å². The molecule has 0 radical (unpaired) electrons. The molecule has 136 valence electrons. The number of nitrogens with one attached hydrogen (secondary N) is 3. The van der Waals surface area contributed by atoms with Crippen LogP contribution in [0.5, 0.6) is 0 Å². The van der Waals surface area contributed by atoms with E-state index < -0.39 is 0 Å². The minimum atomic E-state index is -0.0426. The molecule has 3 N–H and O–H groups in total. The first-order valence-electron chi connectivity index (χ1n) is 9.85. The van der Waals surface area contributed by atoms with Crippen LogP contribution in [-0.4, -0.2) is 17.9 Å². The number of para-hydroxylation sites is 2. The zero-order chi connectivity index (χ0) is 17.7. The van der Waals surface area contributed by atoms with E-state index in [1.54, 1.807) is 0 Å². The molecular weight excluding hydrogens is 320 g/mol. The zero-order valence-corrected chi connectivity index (χ0v) is 15.3. The lowest BCUT2D eigenvalue weighted by molar-refractivity contribution is 0.391. The van der Waals surface area contributed by atoms with Gasteiger partial charge < -0.3 is 10.7 Å². The van der Waals surface area contributed by atoms with Gasteiger partial charge in [-0.05, 0) is 43.4 Å². The first kappa shape index (κ1) is 17.1. The highest BCUT2D eigenvalue weighted by Gasteiger charge is 2.40. The van der Waals surface area contributed by atoms with Crippen LogP contribution in [-0.2, 0) is 6.42 Å². The predicted molar refractivity (Wildman–Crippen MR) is 109 cm³/mol. The molecule has 1 heterocycles. The van der Waals surface area contributed by atoms with E-state index in [0.717, 1.165) is 49.4 Å². The molecule has 0 atom stereocenters. The monoisotopic (exact) mass is 348 g/mol. The van der Waals surface area contributed by atoms with Crippen molar-refractivity contribution >= 4 is 17.2 Å². The number of aryl methyl sites for hydroxylation is 1. The minimum absolute atomic E-state index is 0.0426. The van der Waals surface area contributed by atoms with Crippen molar-refractivity contribution < 1.29 is 0 Å². The van der Waals surface area contributed by atoms with Crippen molar-refractivity contribution in [3.05, 3.63) is 60.2 Å². The maximum Gasteiger partial charge on any atom is 0.142 e. The number of aliphatic imine (C=N–C) groups is 1. The number of hydrogen-bond donors (Lipinski definition) is 3. The molecule has 2 aromatic rings. The van der Waals surface area contributed by atoms with Crippen LogP contribution in [0.1, 0.15) is 44.1 Å². The Balaban J connectivity index is 1.39. The van der Waals surface area contributed by atoms with Crippen molar-refractivity contribution in [1.29, 1.82) is 0 Å². The maximum absolute atomic E-state index is 4.96. The quantitative estimate of drug-likeness (QED) is 0.548. The second-order valence-corrected chi connectivity index (χ2v) is 7.39. The molecule has 1 fully saturated rings. The summed E-state index contributed by atoms with van der Waals surface area (Å²) < 4.78 is 0. The fourth-order valence-corrected chi connectivity index (χ4v) is 4.06. The molecule has 1 saturated carbocycles. The molecule has 4 heteroatoms. The lowest BCUT2D eigenvalue weighted by Gasteiger charge is -2.42. The van der Waals surface area contributed by atoms with Gasteiger partial charge in [-0.25, -0.2) is 10.4 Å². The van der Waals surface area contributed by atoms with Crippen LogP contribution in [0.25, 0.3) is 0 Å². The van der Waals surface area contributed by atoms with Crippen molar-refractivity contribution in [2.75, 3.05) is 11.9 Å². The third-order valence-corrected chi connectivity index (χ3v) is 5.49. The van der Waals surface area contributed by atoms with Crippen molar-refractivity contribution in [1.82, 2.24) is 10.9 Å². The highest BCUT2D eigenvalue weighted by molar-refractivity contribution is 6.00. The van der Waals surface area contributed by atoms with Gasteiger partial charge in [0.15, 0.2) is 0 Å². The van der Waals surface area contributed by atoms with E-state index in [4.69, 9.17) is 4.99 Å². The van der Waals surface area contributed by atoms with Crippen LogP contribution in [0.2, 0.25) is 0 Å². The van der Waals surface area contributed by atoms with Crippen LogP contribution in [0.15, 0.2) is 59.6 Å². The van der Waals surface area contributed by atoms with Gasteiger partial charge in [-0.3, -0.25) is 0 Å². The van der Waals surface area contributed by atoms with Crippen LogP contribution < -0.4 is 16.2 Å². The van der Waals surface area contributed by atoms with Crippen molar-refractivity contribution in [2.45, 2.75) is 50.5 Å². The van der Waals surface area contributed by atoms with Gasteiger partial charge in [-0.15, -0.1) is 0 Å². The van der Waals surface area contributed by atoms with Gasteiger partial charge in [-0.1, -0.05) is 61.7 Å². The summed E-state index contributed by atoms with van der Waals surface area (Å²) in [6.45, 7) is 0.922. The normalized spacial score (nSPS) is 17.9. The zero-order valence-electron chi connectivity index (χ0n) is 15.3. The van der Waals surface area contributed by atoms with Gasteiger partial charge in [0.1, 0.15) is 5.84 Å². The molecule has 2 aliphatic rings. The summed E-state index contributed by atoms with van der Waals surface area (Å²) in [7, 11) is 0. The Hall–Kier alpha value is -2.33. The summed E-state index contributed by atoms with van der Waals surface area (Å²) in [4.78, 5) is 4.96. The molecule has 1 aliphatic carbocycles. The Bertz CT molecular complexity index is 748. The third kappa shape index (κ3) is 3.75. The summed E-state index contributed by atoms with van der Waals surface area (Å²) in [6, 6.07) is 19.0. The molecular formula is C22H28N4. The average Bonchev–Trinajstić information content (AvgIpc) is 2.69. The Morgan fingerprint density at radius 3 is 2.54 bits per heavy atom. The second-order valence-electron chi connectivity index (χ2n) is 7.39. The largest absolute Gasteiger partial charge is 0.371 e.